The summed E-state index contributed by atoms with van der Waals surface area (Å²) in [5.74, 6) is -0.653. The number of halogens is 1. The highest BCUT2D eigenvalue weighted by molar-refractivity contribution is 5.74. The van der Waals surface area contributed by atoms with Crippen LogP contribution in [-0.4, -0.2) is 34.5 Å². The fourth-order valence-electron chi connectivity index (χ4n) is 4.09. The summed E-state index contributed by atoms with van der Waals surface area (Å²) in [6.07, 6.45) is 3.65. The third kappa shape index (κ3) is 4.47. The van der Waals surface area contributed by atoms with Gasteiger partial charge in [0, 0.05) is 6.42 Å². The Kier molecular flexibility index (Phi) is 5.54. The first-order chi connectivity index (χ1) is 12.7. The highest BCUT2D eigenvalue weighted by Gasteiger charge is 2.34. The van der Waals surface area contributed by atoms with E-state index in [4.69, 9.17) is 4.74 Å². The van der Waals surface area contributed by atoms with E-state index in [9.17, 15) is 19.4 Å². The Morgan fingerprint density at radius 3 is 2.63 bits per heavy atom. The normalized spacial score (nSPS) is 28.5. The monoisotopic (exact) mass is 374 g/mol. The Labute approximate surface area is 159 Å². The van der Waals surface area contributed by atoms with Crippen LogP contribution in [0.3, 0.4) is 0 Å². The number of hydrogen-bond acceptors (Lipinski definition) is 4. The lowest BCUT2D eigenvalue weighted by Gasteiger charge is -2.37. The zero-order chi connectivity index (χ0) is 19.8. The third-order valence-electron chi connectivity index (χ3n) is 5.41. The molecule has 0 radical (unpaired) electrons. The molecule has 5 heteroatoms. The second-order valence-electron chi connectivity index (χ2n) is 8.28. The number of carbonyl (C=O) groups excluding carboxylic acids is 1. The molecule has 1 aromatic carbocycles. The fourth-order valence-corrected chi connectivity index (χ4v) is 4.09. The van der Waals surface area contributed by atoms with Gasteiger partial charge in [-0.3, -0.25) is 4.79 Å². The van der Waals surface area contributed by atoms with E-state index >= 15 is 0 Å². The van der Waals surface area contributed by atoms with E-state index in [-0.39, 0.29) is 17.7 Å². The first-order valence-electron chi connectivity index (χ1n) is 9.39. The first-order valence-corrected chi connectivity index (χ1v) is 9.39. The van der Waals surface area contributed by atoms with E-state index in [1.165, 1.54) is 6.07 Å². The van der Waals surface area contributed by atoms with E-state index in [2.05, 4.69) is 13.8 Å². The molecule has 0 amide bonds. The molecule has 1 saturated heterocycles. The van der Waals surface area contributed by atoms with Crippen molar-refractivity contribution in [2.75, 3.05) is 0 Å². The number of aliphatic hydroxyl groups excluding tert-OH is 2. The number of carbonyl (C=O) groups is 1. The maximum Gasteiger partial charge on any atom is 0.309 e. The van der Waals surface area contributed by atoms with Gasteiger partial charge in [0.05, 0.1) is 18.6 Å². The van der Waals surface area contributed by atoms with Crippen molar-refractivity contribution in [2.24, 2.45) is 5.41 Å². The number of aryl methyl sites for hydroxylation is 1. The SMILES string of the molecule is Cc1cc(C2=C(C=CC3CC(O)CC(=O)O3)C(C)(C)CC(O)C2)ccc1F. The number of esters is 1. The fraction of sp³-hybridized carbons (Fsp3) is 0.500. The molecule has 3 rings (SSSR count). The molecule has 1 aliphatic heterocycles. The van der Waals surface area contributed by atoms with Gasteiger partial charge in [0.25, 0.3) is 0 Å². The van der Waals surface area contributed by atoms with Crippen LogP contribution in [0.25, 0.3) is 5.57 Å². The smallest absolute Gasteiger partial charge is 0.309 e. The number of cyclic esters (lactones) is 1. The molecule has 4 nitrogen and oxygen atoms in total. The zero-order valence-corrected chi connectivity index (χ0v) is 16.0. The Balaban J connectivity index is 2.00. The molecule has 3 unspecified atom stereocenters. The Hall–Kier alpha value is -1.98. The van der Waals surface area contributed by atoms with Gasteiger partial charge in [0.15, 0.2) is 0 Å². The van der Waals surface area contributed by atoms with Crippen molar-refractivity contribution in [2.45, 2.75) is 64.8 Å². The maximum absolute atomic E-state index is 13.7. The van der Waals surface area contributed by atoms with Crippen LogP contribution in [0.4, 0.5) is 4.39 Å². The van der Waals surface area contributed by atoms with E-state index in [0.29, 0.717) is 24.8 Å². The van der Waals surface area contributed by atoms with Crippen LogP contribution in [0.5, 0.6) is 0 Å². The average molecular weight is 374 g/mol. The number of benzene rings is 1. The largest absolute Gasteiger partial charge is 0.458 e. The molecule has 1 aliphatic carbocycles. The molecule has 0 aromatic heterocycles. The van der Waals surface area contributed by atoms with Crippen LogP contribution in [-0.2, 0) is 9.53 Å². The van der Waals surface area contributed by atoms with E-state index < -0.39 is 24.3 Å². The molecule has 3 atom stereocenters. The average Bonchev–Trinajstić information content (AvgIpc) is 2.54. The molecule has 1 heterocycles. The lowest BCUT2D eigenvalue weighted by molar-refractivity contribution is -0.156. The van der Waals surface area contributed by atoms with Gasteiger partial charge in [-0.15, -0.1) is 0 Å². The second kappa shape index (κ2) is 7.56. The predicted octanol–water partition coefficient (Wildman–Crippen LogP) is 3.69. The van der Waals surface area contributed by atoms with E-state index in [0.717, 1.165) is 16.7 Å². The molecule has 0 spiro atoms. The summed E-state index contributed by atoms with van der Waals surface area (Å²) in [7, 11) is 0. The molecular formula is C22H27FO4. The second-order valence-corrected chi connectivity index (χ2v) is 8.28. The topological polar surface area (TPSA) is 66.8 Å². The van der Waals surface area contributed by atoms with Crippen molar-refractivity contribution in [3.63, 3.8) is 0 Å². The summed E-state index contributed by atoms with van der Waals surface area (Å²) in [6, 6.07) is 4.99. The number of allylic oxidation sites excluding steroid dienone is 2. The zero-order valence-electron chi connectivity index (χ0n) is 16.0. The molecule has 2 N–H and O–H groups in total. The van der Waals surface area contributed by atoms with Crippen molar-refractivity contribution in [3.8, 4) is 0 Å². The summed E-state index contributed by atoms with van der Waals surface area (Å²) in [6.45, 7) is 5.85. The third-order valence-corrected chi connectivity index (χ3v) is 5.41. The van der Waals surface area contributed by atoms with Crippen LogP contribution >= 0.6 is 0 Å². The molecule has 2 aliphatic rings. The molecule has 27 heavy (non-hydrogen) atoms. The van der Waals surface area contributed by atoms with Crippen LogP contribution in [0.2, 0.25) is 0 Å². The molecule has 146 valence electrons. The summed E-state index contributed by atoms with van der Waals surface area (Å²) in [5, 5.41) is 20.2. The minimum atomic E-state index is -0.685. The van der Waals surface area contributed by atoms with E-state index in [1.807, 2.05) is 12.2 Å². The summed E-state index contributed by atoms with van der Waals surface area (Å²) >= 11 is 0. The van der Waals surface area contributed by atoms with Gasteiger partial charge in [-0.25, -0.2) is 4.39 Å². The van der Waals surface area contributed by atoms with Gasteiger partial charge in [0.1, 0.15) is 11.9 Å². The standard InChI is InChI=1S/C22H27FO4/c1-13-8-14(4-7-20(13)23)18-10-16(25)12-22(2,3)19(18)6-5-17-9-15(24)11-21(26)27-17/h4-8,15-17,24-25H,9-12H2,1-3H3. The van der Waals surface area contributed by atoms with Gasteiger partial charge in [0.2, 0.25) is 0 Å². The van der Waals surface area contributed by atoms with E-state index in [1.54, 1.807) is 19.1 Å². The molecule has 1 aromatic rings. The minimum absolute atomic E-state index is 0.0326. The summed E-state index contributed by atoms with van der Waals surface area (Å²) in [4.78, 5) is 11.6. The molecule has 0 bridgehead atoms. The van der Waals surface area contributed by atoms with Crippen molar-refractivity contribution in [3.05, 3.63) is 52.9 Å². The maximum atomic E-state index is 13.7. The van der Waals surface area contributed by atoms with Gasteiger partial charge < -0.3 is 14.9 Å². The lowest BCUT2D eigenvalue weighted by Crippen LogP contribution is -2.32. The molecule has 1 fully saturated rings. The number of hydrogen-bond donors (Lipinski definition) is 2. The van der Waals surface area contributed by atoms with Gasteiger partial charge in [-0.1, -0.05) is 26.0 Å². The number of aliphatic hydroxyl groups is 2. The Morgan fingerprint density at radius 1 is 1.22 bits per heavy atom. The Bertz CT molecular complexity index is 794. The van der Waals surface area contributed by atoms with Crippen molar-refractivity contribution in [1.82, 2.24) is 0 Å². The van der Waals surface area contributed by atoms with Crippen molar-refractivity contribution >= 4 is 11.5 Å². The quantitative estimate of drug-likeness (QED) is 0.792. The number of ether oxygens (including phenoxy) is 1. The number of rotatable bonds is 3. The predicted molar refractivity (Wildman–Crippen MR) is 101 cm³/mol. The summed E-state index contributed by atoms with van der Waals surface area (Å²) in [5.41, 5.74) is 3.17. The van der Waals surface area contributed by atoms with Crippen LogP contribution in [0.15, 0.2) is 35.9 Å². The lowest BCUT2D eigenvalue weighted by atomic mass is 9.69. The molecule has 0 saturated carbocycles. The van der Waals surface area contributed by atoms with Gasteiger partial charge in [-0.2, -0.15) is 0 Å². The molecular weight excluding hydrogens is 347 g/mol. The van der Waals surface area contributed by atoms with Crippen LogP contribution in [0, 0.1) is 18.2 Å². The highest BCUT2D eigenvalue weighted by atomic mass is 19.1. The van der Waals surface area contributed by atoms with Gasteiger partial charge >= 0.3 is 5.97 Å². The highest BCUT2D eigenvalue weighted by Crippen LogP contribution is 2.45. The van der Waals surface area contributed by atoms with Gasteiger partial charge in [-0.05, 0) is 65.7 Å². The van der Waals surface area contributed by atoms with Crippen LogP contribution < -0.4 is 0 Å². The van der Waals surface area contributed by atoms with Crippen molar-refractivity contribution in [1.29, 1.82) is 0 Å². The van der Waals surface area contributed by atoms with Crippen molar-refractivity contribution < 1.29 is 24.1 Å². The Morgan fingerprint density at radius 2 is 1.96 bits per heavy atom. The van der Waals surface area contributed by atoms with Crippen LogP contribution in [0.1, 0.15) is 50.7 Å². The first kappa shape index (κ1) is 19.8. The minimum Gasteiger partial charge on any atom is -0.458 e. The summed E-state index contributed by atoms with van der Waals surface area (Å²) < 4.78 is 19.0.